The van der Waals surface area contributed by atoms with E-state index >= 15 is 0 Å². The van der Waals surface area contributed by atoms with E-state index in [9.17, 15) is 9.59 Å². The van der Waals surface area contributed by atoms with Crippen LogP contribution in [0.25, 0.3) is 10.9 Å². The van der Waals surface area contributed by atoms with E-state index in [1.807, 2.05) is 35.2 Å². The number of aromatic nitrogens is 1. The molecule has 0 spiro atoms. The fourth-order valence-corrected chi connectivity index (χ4v) is 2.82. The molecule has 0 radical (unpaired) electrons. The van der Waals surface area contributed by atoms with Crippen LogP contribution >= 0.6 is 0 Å². The SMILES string of the molecule is CC(=O)N1CCN(CC(=O)Nc2cccc3cccnc23)CC1. The van der Waals surface area contributed by atoms with Crippen LogP contribution in [0.1, 0.15) is 6.92 Å². The molecule has 23 heavy (non-hydrogen) atoms. The Bertz CT molecular complexity index is 718. The van der Waals surface area contributed by atoms with Crippen molar-refractivity contribution in [1.29, 1.82) is 0 Å². The van der Waals surface area contributed by atoms with Gasteiger partial charge in [-0.3, -0.25) is 19.5 Å². The van der Waals surface area contributed by atoms with Crippen LogP contribution in [-0.2, 0) is 9.59 Å². The smallest absolute Gasteiger partial charge is 0.238 e. The predicted molar refractivity (Wildman–Crippen MR) is 89.1 cm³/mol. The van der Waals surface area contributed by atoms with Crippen molar-refractivity contribution in [2.24, 2.45) is 0 Å². The molecule has 3 rings (SSSR count). The Hall–Kier alpha value is -2.47. The summed E-state index contributed by atoms with van der Waals surface area (Å²) in [6, 6.07) is 9.59. The number of carbonyl (C=O) groups is 2. The van der Waals surface area contributed by atoms with Crippen molar-refractivity contribution in [2.45, 2.75) is 6.92 Å². The van der Waals surface area contributed by atoms with E-state index in [0.29, 0.717) is 19.6 Å². The van der Waals surface area contributed by atoms with Crippen LogP contribution in [-0.4, -0.2) is 59.3 Å². The van der Waals surface area contributed by atoms with Crippen LogP contribution in [0, 0.1) is 0 Å². The van der Waals surface area contributed by atoms with Gasteiger partial charge in [-0.2, -0.15) is 0 Å². The molecule has 0 bridgehead atoms. The largest absolute Gasteiger partial charge is 0.340 e. The summed E-state index contributed by atoms with van der Waals surface area (Å²) in [4.78, 5) is 31.8. The van der Waals surface area contributed by atoms with Gasteiger partial charge in [-0.15, -0.1) is 0 Å². The van der Waals surface area contributed by atoms with E-state index in [-0.39, 0.29) is 11.8 Å². The Balaban J connectivity index is 1.60. The number of carbonyl (C=O) groups excluding carboxylic acids is 2. The number of hydrogen-bond donors (Lipinski definition) is 1. The predicted octanol–water partition coefficient (Wildman–Crippen LogP) is 1.34. The molecule has 0 atom stereocenters. The first-order chi connectivity index (χ1) is 11.1. The zero-order valence-corrected chi connectivity index (χ0v) is 13.2. The lowest BCUT2D eigenvalue weighted by molar-refractivity contribution is -0.130. The van der Waals surface area contributed by atoms with Crippen molar-refractivity contribution in [3.05, 3.63) is 36.5 Å². The lowest BCUT2D eigenvalue weighted by Crippen LogP contribution is -2.49. The van der Waals surface area contributed by atoms with Gasteiger partial charge in [0.15, 0.2) is 0 Å². The normalized spacial score (nSPS) is 15.6. The number of piperazine rings is 1. The molecule has 6 nitrogen and oxygen atoms in total. The Morgan fingerprint density at radius 3 is 2.61 bits per heavy atom. The second kappa shape index (κ2) is 6.75. The molecule has 0 unspecified atom stereocenters. The van der Waals surface area contributed by atoms with Crippen LogP contribution in [0.4, 0.5) is 5.69 Å². The number of hydrogen-bond acceptors (Lipinski definition) is 4. The highest BCUT2D eigenvalue weighted by molar-refractivity contribution is 6.00. The third-order valence-electron chi connectivity index (χ3n) is 4.09. The van der Waals surface area contributed by atoms with Crippen molar-refractivity contribution >= 4 is 28.4 Å². The van der Waals surface area contributed by atoms with Gasteiger partial charge in [-0.25, -0.2) is 0 Å². The number of benzene rings is 1. The summed E-state index contributed by atoms with van der Waals surface area (Å²) in [6.07, 6.45) is 1.72. The Labute approximate surface area is 135 Å². The highest BCUT2D eigenvalue weighted by Gasteiger charge is 2.20. The van der Waals surface area contributed by atoms with Crippen LogP contribution in [0.2, 0.25) is 0 Å². The summed E-state index contributed by atoms with van der Waals surface area (Å²) in [7, 11) is 0. The van der Waals surface area contributed by atoms with Crippen molar-refractivity contribution in [1.82, 2.24) is 14.8 Å². The average molecular weight is 312 g/mol. The molecule has 1 aliphatic heterocycles. The topological polar surface area (TPSA) is 65.5 Å². The summed E-state index contributed by atoms with van der Waals surface area (Å²) in [5.74, 6) is 0.0374. The van der Waals surface area contributed by atoms with Crippen molar-refractivity contribution in [2.75, 3.05) is 38.0 Å². The van der Waals surface area contributed by atoms with Gasteiger partial charge < -0.3 is 10.2 Å². The zero-order chi connectivity index (χ0) is 16.2. The molecule has 2 amide bonds. The molecule has 1 fully saturated rings. The van der Waals surface area contributed by atoms with E-state index in [4.69, 9.17) is 0 Å². The standard InChI is InChI=1S/C17H20N4O2/c1-13(22)21-10-8-20(9-11-21)12-16(23)19-15-6-2-4-14-5-3-7-18-17(14)15/h2-7H,8-12H2,1H3,(H,19,23). The number of nitrogens with zero attached hydrogens (tertiary/aromatic N) is 3. The number of rotatable bonds is 3. The van der Waals surface area contributed by atoms with Gasteiger partial charge in [-0.1, -0.05) is 18.2 Å². The molecular weight excluding hydrogens is 292 g/mol. The highest BCUT2D eigenvalue weighted by atomic mass is 16.2. The number of fused-ring (bicyclic) bond motifs is 1. The van der Waals surface area contributed by atoms with E-state index in [1.165, 1.54) is 0 Å². The summed E-state index contributed by atoms with van der Waals surface area (Å²) in [6.45, 7) is 4.71. The van der Waals surface area contributed by atoms with Crippen LogP contribution in [0.3, 0.4) is 0 Å². The molecule has 0 saturated carbocycles. The van der Waals surface area contributed by atoms with Crippen molar-refractivity contribution in [3.63, 3.8) is 0 Å². The van der Waals surface area contributed by atoms with Crippen LogP contribution in [0.15, 0.2) is 36.5 Å². The molecule has 1 aliphatic rings. The lowest BCUT2D eigenvalue weighted by Gasteiger charge is -2.33. The van der Waals surface area contributed by atoms with Crippen LogP contribution in [0.5, 0.6) is 0 Å². The third kappa shape index (κ3) is 3.65. The fraction of sp³-hybridized carbons (Fsp3) is 0.353. The lowest BCUT2D eigenvalue weighted by atomic mass is 10.2. The van der Waals surface area contributed by atoms with Crippen molar-refractivity contribution < 1.29 is 9.59 Å². The quantitative estimate of drug-likeness (QED) is 0.929. The number of amides is 2. The third-order valence-corrected chi connectivity index (χ3v) is 4.09. The van der Waals surface area contributed by atoms with E-state index in [2.05, 4.69) is 15.2 Å². The Morgan fingerprint density at radius 1 is 1.13 bits per heavy atom. The minimum atomic E-state index is -0.0561. The second-order valence-electron chi connectivity index (χ2n) is 5.71. The molecule has 1 aromatic carbocycles. The van der Waals surface area contributed by atoms with E-state index in [1.54, 1.807) is 13.1 Å². The molecule has 2 heterocycles. The maximum absolute atomic E-state index is 12.3. The maximum atomic E-state index is 12.3. The van der Waals surface area contributed by atoms with E-state index < -0.39 is 0 Å². The summed E-state index contributed by atoms with van der Waals surface area (Å²) in [5.41, 5.74) is 1.53. The molecular formula is C17H20N4O2. The monoisotopic (exact) mass is 312 g/mol. The van der Waals surface area contributed by atoms with E-state index in [0.717, 1.165) is 29.7 Å². The van der Waals surface area contributed by atoms with Gasteiger partial charge in [0, 0.05) is 44.7 Å². The molecule has 1 N–H and O–H groups in total. The zero-order valence-electron chi connectivity index (χ0n) is 13.2. The maximum Gasteiger partial charge on any atom is 0.238 e. The van der Waals surface area contributed by atoms with Gasteiger partial charge in [0.1, 0.15) is 0 Å². The Morgan fingerprint density at radius 2 is 1.87 bits per heavy atom. The summed E-state index contributed by atoms with van der Waals surface area (Å²) < 4.78 is 0. The molecule has 6 heteroatoms. The van der Waals surface area contributed by atoms with Crippen molar-refractivity contribution in [3.8, 4) is 0 Å². The molecule has 1 aromatic heterocycles. The number of anilines is 1. The molecule has 120 valence electrons. The minimum absolute atomic E-state index is 0.0561. The first kappa shape index (κ1) is 15.4. The Kier molecular flexibility index (Phi) is 4.52. The minimum Gasteiger partial charge on any atom is -0.340 e. The first-order valence-electron chi connectivity index (χ1n) is 7.75. The fourth-order valence-electron chi connectivity index (χ4n) is 2.82. The summed E-state index contributed by atoms with van der Waals surface area (Å²) in [5, 5.41) is 3.94. The molecule has 1 saturated heterocycles. The first-order valence-corrected chi connectivity index (χ1v) is 7.75. The van der Waals surface area contributed by atoms with Gasteiger partial charge in [0.2, 0.25) is 11.8 Å². The number of nitrogens with one attached hydrogen (secondary N) is 1. The number of para-hydroxylation sites is 1. The second-order valence-corrected chi connectivity index (χ2v) is 5.71. The van der Waals surface area contributed by atoms with Gasteiger partial charge in [-0.05, 0) is 12.1 Å². The van der Waals surface area contributed by atoms with Gasteiger partial charge >= 0.3 is 0 Å². The molecule has 2 aromatic rings. The number of pyridine rings is 1. The molecule has 0 aliphatic carbocycles. The average Bonchev–Trinajstić information content (AvgIpc) is 2.55. The van der Waals surface area contributed by atoms with Crippen LogP contribution < -0.4 is 5.32 Å². The van der Waals surface area contributed by atoms with Gasteiger partial charge in [0.25, 0.3) is 0 Å². The highest BCUT2D eigenvalue weighted by Crippen LogP contribution is 2.20. The summed E-state index contributed by atoms with van der Waals surface area (Å²) >= 11 is 0. The van der Waals surface area contributed by atoms with Gasteiger partial charge in [0.05, 0.1) is 17.7 Å².